The number of fused-ring (bicyclic) bond motifs is 1. The molecular formula is C16H15N3OS2. The van der Waals surface area contributed by atoms with E-state index in [1.807, 2.05) is 43.3 Å². The molecule has 0 atom stereocenters. The highest BCUT2D eigenvalue weighted by molar-refractivity contribution is 7.99. The van der Waals surface area contributed by atoms with E-state index in [-0.39, 0.29) is 5.91 Å². The normalized spacial score (nSPS) is 10.8. The van der Waals surface area contributed by atoms with Crippen LogP contribution < -0.4 is 5.32 Å². The molecule has 0 saturated carbocycles. The van der Waals surface area contributed by atoms with Crippen molar-refractivity contribution in [3.8, 4) is 0 Å². The predicted molar refractivity (Wildman–Crippen MR) is 93.4 cm³/mol. The third-order valence-corrected chi connectivity index (χ3v) is 4.98. The van der Waals surface area contributed by atoms with Gasteiger partial charge in [-0.3, -0.25) is 9.78 Å². The topological polar surface area (TPSA) is 54.9 Å². The van der Waals surface area contributed by atoms with Crippen LogP contribution in [-0.4, -0.2) is 21.6 Å². The van der Waals surface area contributed by atoms with Crippen LogP contribution >= 0.6 is 23.1 Å². The number of thiazole rings is 1. The summed E-state index contributed by atoms with van der Waals surface area (Å²) < 4.78 is 1.09. The zero-order chi connectivity index (χ0) is 15.4. The van der Waals surface area contributed by atoms with Crippen LogP contribution in [0, 0.1) is 6.92 Å². The van der Waals surface area contributed by atoms with Gasteiger partial charge >= 0.3 is 0 Å². The van der Waals surface area contributed by atoms with E-state index in [1.54, 1.807) is 18.0 Å². The zero-order valence-electron chi connectivity index (χ0n) is 12.1. The monoisotopic (exact) mass is 329 g/mol. The van der Waals surface area contributed by atoms with Crippen molar-refractivity contribution in [3.63, 3.8) is 0 Å². The van der Waals surface area contributed by atoms with Gasteiger partial charge in [0.1, 0.15) is 0 Å². The molecule has 3 aromatic rings. The Morgan fingerprint density at radius 3 is 2.95 bits per heavy atom. The van der Waals surface area contributed by atoms with Crippen LogP contribution in [0.15, 0.2) is 42.6 Å². The van der Waals surface area contributed by atoms with Crippen molar-refractivity contribution in [2.75, 3.05) is 11.1 Å². The van der Waals surface area contributed by atoms with Gasteiger partial charge < -0.3 is 5.32 Å². The van der Waals surface area contributed by atoms with Crippen molar-refractivity contribution in [1.29, 1.82) is 0 Å². The van der Waals surface area contributed by atoms with Gasteiger partial charge in [-0.1, -0.05) is 29.5 Å². The predicted octanol–water partition coefficient (Wildman–Crippen LogP) is 3.87. The first kappa shape index (κ1) is 15.0. The number of hydrogen-bond donors (Lipinski definition) is 1. The quantitative estimate of drug-likeness (QED) is 0.772. The molecule has 0 aliphatic heterocycles. The minimum Gasteiger partial charge on any atom is -0.301 e. The number of amides is 1. The van der Waals surface area contributed by atoms with E-state index in [2.05, 4.69) is 15.3 Å². The van der Waals surface area contributed by atoms with Gasteiger partial charge in [0.25, 0.3) is 0 Å². The lowest BCUT2D eigenvalue weighted by molar-refractivity contribution is -0.113. The fourth-order valence-electron chi connectivity index (χ4n) is 2.03. The van der Waals surface area contributed by atoms with Crippen LogP contribution in [0.1, 0.15) is 11.3 Å². The summed E-state index contributed by atoms with van der Waals surface area (Å²) in [6.45, 7) is 2.02. The number of pyridine rings is 1. The minimum atomic E-state index is -0.0300. The lowest BCUT2D eigenvalue weighted by Crippen LogP contribution is -2.14. The number of aryl methyl sites for hydroxylation is 1. The van der Waals surface area contributed by atoms with Gasteiger partial charge in [-0.05, 0) is 30.7 Å². The molecular weight excluding hydrogens is 314 g/mol. The van der Waals surface area contributed by atoms with Crippen molar-refractivity contribution in [1.82, 2.24) is 9.97 Å². The van der Waals surface area contributed by atoms with Crippen LogP contribution in [-0.2, 0) is 10.5 Å². The number of carbonyl (C=O) groups excluding carboxylic acids is 1. The summed E-state index contributed by atoms with van der Waals surface area (Å²) in [6, 6.07) is 11.8. The Labute approximate surface area is 137 Å². The van der Waals surface area contributed by atoms with Gasteiger partial charge in [-0.15, -0.1) is 11.8 Å². The number of nitrogens with one attached hydrogen (secondary N) is 1. The molecule has 6 heteroatoms. The van der Waals surface area contributed by atoms with E-state index in [9.17, 15) is 4.79 Å². The highest BCUT2D eigenvalue weighted by Crippen LogP contribution is 2.27. The number of carbonyl (C=O) groups is 1. The Bertz CT molecular complexity index is 786. The molecule has 0 aliphatic carbocycles. The standard InChI is InChI=1S/C16H15N3OS2/c1-11-5-4-7-13-15(11)19-16(22-13)18-14(20)10-21-9-12-6-2-3-8-17-12/h2-8H,9-10H2,1H3,(H,18,19,20). The lowest BCUT2D eigenvalue weighted by atomic mass is 10.2. The Morgan fingerprint density at radius 2 is 2.18 bits per heavy atom. The van der Waals surface area contributed by atoms with Crippen molar-refractivity contribution >= 4 is 44.4 Å². The molecule has 1 N–H and O–H groups in total. The molecule has 0 spiro atoms. The average Bonchev–Trinajstić information content (AvgIpc) is 2.92. The first-order valence-corrected chi connectivity index (χ1v) is 8.83. The van der Waals surface area contributed by atoms with Crippen molar-refractivity contribution < 1.29 is 4.79 Å². The van der Waals surface area contributed by atoms with Gasteiger partial charge in [-0.25, -0.2) is 4.98 Å². The molecule has 0 radical (unpaired) electrons. The fraction of sp³-hybridized carbons (Fsp3) is 0.188. The third-order valence-electron chi connectivity index (χ3n) is 3.08. The molecule has 0 aliphatic rings. The van der Waals surface area contributed by atoms with Gasteiger partial charge in [0.05, 0.1) is 21.7 Å². The van der Waals surface area contributed by atoms with Gasteiger partial charge in [0.15, 0.2) is 5.13 Å². The van der Waals surface area contributed by atoms with E-state index in [1.165, 1.54) is 11.3 Å². The SMILES string of the molecule is Cc1cccc2sc(NC(=O)CSCc3ccccn3)nc12. The number of rotatable bonds is 5. The molecule has 22 heavy (non-hydrogen) atoms. The fourth-order valence-corrected chi connectivity index (χ4v) is 3.73. The van der Waals surface area contributed by atoms with E-state index in [4.69, 9.17) is 0 Å². The number of para-hydroxylation sites is 1. The zero-order valence-corrected chi connectivity index (χ0v) is 13.7. The van der Waals surface area contributed by atoms with Crippen LogP contribution in [0.4, 0.5) is 5.13 Å². The summed E-state index contributed by atoms with van der Waals surface area (Å²) in [5, 5.41) is 3.53. The molecule has 1 aromatic carbocycles. The summed E-state index contributed by atoms with van der Waals surface area (Å²) in [5.74, 6) is 1.09. The van der Waals surface area contributed by atoms with Crippen molar-refractivity contribution in [2.24, 2.45) is 0 Å². The molecule has 2 heterocycles. The van der Waals surface area contributed by atoms with E-state index >= 15 is 0 Å². The molecule has 3 rings (SSSR count). The summed E-state index contributed by atoms with van der Waals surface area (Å²) >= 11 is 3.05. The average molecular weight is 329 g/mol. The van der Waals surface area contributed by atoms with E-state index in [0.29, 0.717) is 10.9 Å². The Morgan fingerprint density at radius 1 is 1.27 bits per heavy atom. The van der Waals surface area contributed by atoms with Crippen LogP contribution in [0.5, 0.6) is 0 Å². The Hall–Kier alpha value is -1.92. The van der Waals surface area contributed by atoms with Gasteiger partial charge in [0, 0.05) is 11.9 Å². The number of benzene rings is 1. The molecule has 0 bridgehead atoms. The summed E-state index contributed by atoms with van der Waals surface area (Å²) in [4.78, 5) is 20.7. The molecule has 0 saturated heterocycles. The van der Waals surface area contributed by atoms with Crippen molar-refractivity contribution in [3.05, 3.63) is 53.9 Å². The Balaban J connectivity index is 1.55. The number of anilines is 1. The van der Waals surface area contributed by atoms with Gasteiger partial charge in [0.2, 0.25) is 5.91 Å². The van der Waals surface area contributed by atoms with Gasteiger partial charge in [-0.2, -0.15) is 0 Å². The first-order chi connectivity index (χ1) is 10.7. The Kier molecular flexibility index (Phi) is 4.70. The largest absolute Gasteiger partial charge is 0.301 e. The van der Waals surface area contributed by atoms with Crippen molar-refractivity contribution in [2.45, 2.75) is 12.7 Å². The summed E-state index contributed by atoms with van der Waals surface area (Å²) in [7, 11) is 0. The molecule has 112 valence electrons. The second-order valence-corrected chi connectivity index (χ2v) is 6.82. The highest BCUT2D eigenvalue weighted by Gasteiger charge is 2.09. The van der Waals surface area contributed by atoms with E-state index < -0.39 is 0 Å². The molecule has 4 nitrogen and oxygen atoms in total. The maximum atomic E-state index is 12.0. The third kappa shape index (κ3) is 3.64. The second-order valence-electron chi connectivity index (χ2n) is 4.80. The highest BCUT2D eigenvalue weighted by atomic mass is 32.2. The number of thioether (sulfide) groups is 1. The summed E-state index contributed by atoms with van der Waals surface area (Å²) in [5.41, 5.74) is 3.07. The number of nitrogens with zero attached hydrogens (tertiary/aromatic N) is 2. The number of hydrogen-bond acceptors (Lipinski definition) is 5. The summed E-state index contributed by atoms with van der Waals surface area (Å²) in [6.07, 6.45) is 1.76. The molecule has 0 fully saturated rings. The van der Waals surface area contributed by atoms with Crippen LogP contribution in [0.3, 0.4) is 0 Å². The first-order valence-electron chi connectivity index (χ1n) is 6.86. The second kappa shape index (κ2) is 6.89. The smallest absolute Gasteiger partial charge is 0.236 e. The van der Waals surface area contributed by atoms with E-state index in [0.717, 1.165) is 27.2 Å². The van der Waals surface area contributed by atoms with Crippen LogP contribution in [0.2, 0.25) is 0 Å². The molecule has 2 aromatic heterocycles. The lowest BCUT2D eigenvalue weighted by Gasteiger charge is -2.01. The minimum absolute atomic E-state index is 0.0300. The molecule has 1 amide bonds. The van der Waals surface area contributed by atoms with Crippen LogP contribution in [0.25, 0.3) is 10.2 Å². The molecule has 0 unspecified atom stereocenters. The number of aromatic nitrogens is 2. The maximum absolute atomic E-state index is 12.0. The maximum Gasteiger partial charge on any atom is 0.236 e.